The van der Waals surface area contributed by atoms with E-state index in [0.29, 0.717) is 24.2 Å². The molecule has 2 heterocycles. The second-order valence-corrected chi connectivity index (χ2v) is 6.92. The minimum Gasteiger partial charge on any atom is -0.481 e. The van der Waals surface area contributed by atoms with E-state index in [9.17, 15) is 14.7 Å². The number of carbonyl (C=O) groups excluding carboxylic acids is 1. The third kappa shape index (κ3) is 3.39. The van der Waals surface area contributed by atoms with Crippen molar-refractivity contribution in [2.75, 3.05) is 0 Å². The molecule has 1 atom stereocenters. The Balaban J connectivity index is 1.97. The van der Waals surface area contributed by atoms with Gasteiger partial charge < -0.3 is 9.67 Å². The molecule has 0 saturated carbocycles. The maximum absolute atomic E-state index is 13.1. The third-order valence-electron chi connectivity index (χ3n) is 5.07. The van der Waals surface area contributed by atoms with Gasteiger partial charge in [0.25, 0.3) is 0 Å². The molecule has 1 aliphatic rings. The van der Waals surface area contributed by atoms with Crippen molar-refractivity contribution in [3.63, 3.8) is 0 Å². The number of fused-ring (bicyclic) bond motifs is 1. The number of ketones is 1. The fourth-order valence-electron chi connectivity index (χ4n) is 3.78. The smallest absolute Gasteiger partial charge is 0.312 e. The van der Waals surface area contributed by atoms with E-state index in [4.69, 9.17) is 0 Å². The minimum atomic E-state index is -0.806. The lowest BCUT2D eigenvalue weighted by Crippen LogP contribution is -2.24. The SMILES string of the molecule is CCCCc1cccc(C(=O)c2c(C)cc3n2CCCC3C(=O)O)c1. The van der Waals surface area contributed by atoms with Gasteiger partial charge in [0.2, 0.25) is 5.78 Å². The van der Waals surface area contributed by atoms with Crippen molar-refractivity contribution < 1.29 is 14.7 Å². The molecule has 0 bridgehead atoms. The number of hydrogen-bond acceptors (Lipinski definition) is 2. The monoisotopic (exact) mass is 339 g/mol. The summed E-state index contributed by atoms with van der Waals surface area (Å²) in [5.41, 5.74) is 4.15. The molecule has 0 saturated heterocycles. The van der Waals surface area contributed by atoms with Crippen molar-refractivity contribution in [2.24, 2.45) is 0 Å². The fraction of sp³-hybridized carbons (Fsp3) is 0.429. The number of aryl methyl sites for hydroxylation is 2. The number of benzene rings is 1. The van der Waals surface area contributed by atoms with Crippen LogP contribution in [-0.2, 0) is 17.8 Å². The van der Waals surface area contributed by atoms with Gasteiger partial charge >= 0.3 is 5.97 Å². The van der Waals surface area contributed by atoms with Gasteiger partial charge in [-0.25, -0.2) is 0 Å². The maximum Gasteiger partial charge on any atom is 0.312 e. The number of carbonyl (C=O) groups is 2. The number of aliphatic carboxylic acids is 1. The van der Waals surface area contributed by atoms with Crippen LogP contribution in [0.1, 0.15) is 71.4 Å². The van der Waals surface area contributed by atoms with E-state index in [1.807, 2.05) is 35.8 Å². The first-order valence-electron chi connectivity index (χ1n) is 9.09. The predicted octanol–water partition coefficient (Wildman–Crippen LogP) is 4.33. The van der Waals surface area contributed by atoms with E-state index in [1.54, 1.807) is 0 Å². The van der Waals surface area contributed by atoms with Crippen LogP contribution in [-0.4, -0.2) is 21.4 Å². The van der Waals surface area contributed by atoms with Gasteiger partial charge in [-0.15, -0.1) is 0 Å². The zero-order valence-electron chi connectivity index (χ0n) is 14.9. The molecule has 0 amide bonds. The van der Waals surface area contributed by atoms with Crippen LogP contribution in [0, 0.1) is 6.92 Å². The molecular formula is C21H25NO3. The number of carboxylic acid groups (broad SMARTS) is 1. The van der Waals surface area contributed by atoms with Crippen LogP contribution in [0.5, 0.6) is 0 Å². The molecule has 0 radical (unpaired) electrons. The van der Waals surface area contributed by atoms with Gasteiger partial charge in [-0.1, -0.05) is 31.5 Å². The van der Waals surface area contributed by atoms with Gasteiger partial charge in [0.15, 0.2) is 0 Å². The molecule has 1 aromatic carbocycles. The number of nitrogens with zero attached hydrogens (tertiary/aromatic N) is 1. The highest BCUT2D eigenvalue weighted by Crippen LogP contribution is 2.32. The Morgan fingerprint density at radius 1 is 1.28 bits per heavy atom. The van der Waals surface area contributed by atoms with Crippen LogP contribution >= 0.6 is 0 Å². The Kier molecular flexibility index (Phi) is 5.07. The molecule has 1 aromatic heterocycles. The van der Waals surface area contributed by atoms with E-state index in [1.165, 1.54) is 5.56 Å². The largest absolute Gasteiger partial charge is 0.481 e. The Labute approximate surface area is 148 Å². The summed E-state index contributed by atoms with van der Waals surface area (Å²) >= 11 is 0. The van der Waals surface area contributed by atoms with Crippen molar-refractivity contribution in [1.82, 2.24) is 4.57 Å². The summed E-state index contributed by atoms with van der Waals surface area (Å²) in [6.45, 7) is 4.77. The van der Waals surface area contributed by atoms with E-state index in [0.717, 1.165) is 36.9 Å². The number of carboxylic acids is 1. The summed E-state index contributed by atoms with van der Waals surface area (Å²) < 4.78 is 1.93. The highest BCUT2D eigenvalue weighted by atomic mass is 16.4. The van der Waals surface area contributed by atoms with Crippen LogP contribution in [0.3, 0.4) is 0 Å². The van der Waals surface area contributed by atoms with Crippen molar-refractivity contribution in [3.8, 4) is 0 Å². The summed E-state index contributed by atoms with van der Waals surface area (Å²) in [5.74, 6) is -1.32. The molecule has 0 spiro atoms. The van der Waals surface area contributed by atoms with Gasteiger partial charge in [-0.2, -0.15) is 0 Å². The van der Waals surface area contributed by atoms with Crippen LogP contribution in [0.2, 0.25) is 0 Å². The lowest BCUT2D eigenvalue weighted by atomic mass is 9.96. The summed E-state index contributed by atoms with van der Waals surface area (Å²) in [4.78, 5) is 24.7. The Bertz CT molecular complexity index is 803. The Morgan fingerprint density at radius 2 is 2.08 bits per heavy atom. The lowest BCUT2D eigenvalue weighted by molar-refractivity contribution is -0.139. The van der Waals surface area contributed by atoms with E-state index in [-0.39, 0.29) is 5.78 Å². The number of unbranched alkanes of at least 4 members (excludes halogenated alkanes) is 1. The molecule has 132 valence electrons. The molecule has 1 N–H and O–H groups in total. The van der Waals surface area contributed by atoms with Crippen LogP contribution in [0.15, 0.2) is 30.3 Å². The van der Waals surface area contributed by atoms with Gasteiger partial charge in [0.05, 0.1) is 11.6 Å². The van der Waals surface area contributed by atoms with Crippen molar-refractivity contribution in [1.29, 1.82) is 0 Å². The minimum absolute atomic E-state index is 0.00635. The summed E-state index contributed by atoms with van der Waals surface area (Å²) in [7, 11) is 0. The normalized spacial score (nSPS) is 16.5. The van der Waals surface area contributed by atoms with Crippen LogP contribution in [0.25, 0.3) is 0 Å². The van der Waals surface area contributed by atoms with Gasteiger partial charge in [-0.3, -0.25) is 9.59 Å². The zero-order chi connectivity index (χ0) is 18.0. The highest BCUT2D eigenvalue weighted by molar-refractivity contribution is 6.09. The number of hydrogen-bond donors (Lipinski definition) is 1. The van der Waals surface area contributed by atoms with Crippen molar-refractivity contribution >= 4 is 11.8 Å². The van der Waals surface area contributed by atoms with Crippen molar-refractivity contribution in [3.05, 3.63) is 58.4 Å². The zero-order valence-corrected chi connectivity index (χ0v) is 14.9. The van der Waals surface area contributed by atoms with Gasteiger partial charge in [-0.05, 0) is 55.9 Å². The average molecular weight is 339 g/mol. The molecule has 0 aliphatic carbocycles. The van der Waals surface area contributed by atoms with E-state index in [2.05, 4.69) is 13.0 Å². The first-order chi connectivity index (χ1) is 12.0. The molecule has 4 nitrogen and oxygen atoms in total. The molecule has 1 unspecified atom stereocenters. The molecule has 3 rings (SSSR count). The quantitative estimate of drug-likeness (QED) is 0.797. The summed E-state index contributed by atoms with van der Waals surface area (Å²) in [6, 6.07) is 9.72. The Morgan fingerprint density at radius 3 is 2.80 bits per heavy atom. The second-order valence-electron chi connectivity index (χ2n) is 6.92. The standard InChI is InChI=1S/C21H25NO3/c1-3-4-7-15-8-5-9-16(13-15)20(23)19-14(2)12-18-17(21(24)25)10-6-11-22(18)19/h5,8-9,12-13,17H,3-4,6-7,10-11H2,1-2H3,(H,24,25). The van der Waals surface area contributed by atoms with Gasteiger partial charge in [0, 0.05) is 17.8 Å². The Hall–Kier alpha value is -2.36. The van der Waals surface area contributed by atoms with Gasteiger partial charge in [0.1, 0.15) is 0 Å². The average Bonchev–Trinajstić information content (AvgIpc) is 2.95. The van der Waals surface area contributed by atoms with Crippen LogP contribution in [0.4, 0.5) is 0 Å². The predicted molar refractivity (Wildman–Crippen MR) is 97.3 cm³/mol. The molecule has 2 aromatic rings. The van der Waals surface area contributed by atoms with Crippen molar-refractivity contribution in [2.45, 2.75) is 58.4 Å². The molecule has 1 aliphatic heterocycles. The summed E-state index contributed by atoms with van der Waals surface area (Å²) in [6.07, 6.45) is 4.63. The first-order valence-corrected chi connectivity index (χ1v) is 9.09. The number of rotatable bonds is 6. The second kappa shape index (κ2) is 7.26. The topological polar surface area (TPSA) is 59.3 Å². The molecule has 25 heavy (non-hydrogen) atoms. The molecule has 0 fully saturated rings. The first kappa shape index (κ1) is 17.5. The fourth-order valence-corrected chi connectivity index (χ4v) is 3.78. The third-order valence-corrected chi connectivity index (χ3v) is 5.07. The lowest BCUT2D eigenvalue weighted by Gasteiger charge is -2.23. The number of aromatic nitrogens is 1. The van der Waals surface area contributed by atoms with Crippen LogP contribution < -0.4 is 0 Å². The molecule has 4 heteroatoms. The maximum atomic E-state index is 13.1. The highest BCUT2D eigenvalue weighted by Gasteiger charge is 2.31. The van der Waals surface area contributed by atoms with E-state index < -0.39 is 11.9 Å². The molecular weight excluding hydrogens is 314 g/mol. The van der Waals surface area contributed by atoms with E-state index >= 15 is 0 Å². The summed E-state index contributed by atoms with van der Waals surface area (Å²) in [5, 5.41) is 9.46.